The zero-order valence-corrected chi connectivity index (χ0v) is 41.8. The van der Waals surface area contributed by atoms with Crippen molar-refractivity contribution in [2.45, 2.75) is 52.4 Å². The summed E-state index contributed by atoms with van der Waals surface area (Å²) in [6, 6.07) is 86.0. The SMILES string of the molecule is CC(C)(C)c1ccc2c(c1)c1cc(-c3ccc(-c4c5ccccc5c(-c5ccc(-c6ccc7c(c6)c6cc(C(C)(C)C)ccc6n7-c6ccccc6)cc5)c5ccccc45)cc3)ccc1n2-c1ccccc1. The summed E-state index contributed by atoms with van der Waals surface area (Å²) < 4.78 is 4.82. The molecule has 2 aromatic heterocycles. The second-order valence-electron chi connectivity index (χ2n) is 21.8. The molecule has 0 spiro atoms. The lowest BCUT2D eigenvalue weighted by molar-refractivity contribution is 0.591. The van der Waals surface area contributed by atoms with Crippen LogP contribution in [0.25, 0.3) is 121 Å². The quantitative estimate of drug-likeness (QED) is 0.147. The second-order valence-corrected chi connectivity index (χ2v) is 21.8. The van der Waals surface area contributed by atoms with Gasteiger partial charge in [-0.05, 0) is 161 Å². The van der Waals surface area contributed by atoms with Crippen LogP contribution in [0.4, 0.5) is 0 Å². The van der Waals surface area contributed by atoms with Crippen LogP contribution in [0.1, 0.15) is 52.7 Å². The van der Waals surface area contributed by atoms with E-state index in [2.05, 4.69) is 281 Å². The number of para-hydroxylation sites is 2. The molecule has 0 saturated carbocycles. The van der Waals surface area contributed by atoms with Crippen LogP contribution in [-0.4, -0.2) is 9.13 Å². The molecule has 0 amide bonds. The Balaban J connectivity index is 0.889. The van der Waals surface area contributed by atoms with Gasteiger partial charge in [0.1, 0.15) is 0 Å². The van der Waals surface area contributed by atoms with Gasteiger partial charge in [-0.15, -0.1) is 0 Å². The zero-order chi connectivity index (χ0) is 48.9. The first kappa shape index (κ1) is 43.6. The summed E-state index contributed by atoms with van der Waals surface area (Å²) in [5.74, 6) is 0. The third-order valence-electron chi connectivity index (χ3n) is 15.2. The number of benzene rings is 11. The van der Waals surface area contributed by atoms with Crippen LogP contribution in [0.2, 0.25) is 0 Å². The lowest BCUT2D eigenvalue weighted by Crippen LogP contribution is -2.10. The fraction of sp³-hybridized carbons (Fsp3) is 0.114. The predicted molar refractivity (Wildman–Crippen MR) is 309 cm³/mol. The standard InChI is InChI=1S/C70H56N2/c1-69(2,3)51-35-39-65-61(43-51)59-41-49(33-37-63(59)71(65)53-17-9-7-10-18-53)45-25-29-47(30-26-45)67-55-21-13-15-23-57(55)68(58-24-16-14-22-56(58)67)48-31-27-46(28-32-48)50-34-38-64-60(42-50)62-44-52(70(4,5)6)36-40-66(62)72(64)54-19-11-8-12-20-54/h7-44H,1-6H3. The lowest BCUT2D eigenvalue weighted by atomic mass is 9.85. The number of rotatable bonds is 6. The summed E-state index contributed by atoms with van der Waals surface area (Å²) in [5.41, 5.74) is 19.8. The molecule has 0 saturated heterocycles. The number of hydrogen-bond donors (Lipinski definition) is 0. The average Bonchev–Trinajstić information content (AvgIpc) is 3.92. The highest BCUT2D eigenvalue weighted by Crippen LogP contribution is 2.45. The van der Waals surface area contributed by atoms with Crippen LogP contribution < -0.4 is 0 Å². The number of aromatic nitrogens is 2. The van der Waals surface area contributed by atoms with Crippen LogP contribution in [0.15, 0.2) is 231 Å². The summed E-state index contributed by atoms with van der Waals surface area (Å²) in [6.07, 6.45) is 0. The molecule has 0 aliphatic carbocycles. The van der Waals surface area contributed by atoms with E-state index in [9.17, 15) is 0 Å². The van der Waals surface area contributed by atoms with Crippen molar-refractivity contribution in [2.24, 2.45) is 0 Å². The number of hydrogen-bond acceptors (Lipinski definition) is 0. The Bertz CT molecular complexity index is 3900. The van der Waals surface area contributed by atoms with Gasteiger partial charge in [0.2, 0.25) is 0 Å². The fourth-order valence-corrected chi connectivity index (χ4v) is 11.5. The molecule has 0 N–H and O–H groups in total. The van der Waals surface area contributed by atoms with Gasteiger partial charge in [0, 0.05) is 32.9 Å². The summed E-state index contributed by atoms with van der Waals surface area (Å²) in [7, 11) is 0. The Morgan fingerprint density at radius 3 is 0.847 bits per heavy atom. The number of fused-ring (bicyclic) bond motifs is 8. The molecular formula is C70H56N2. The molecule has 0 aliphatic rings. The molecule has 0 aliphatic heterocycles. The van der Waals surface area contributed by atoms with Gasteiger partial charge in [-0.2, -0.15) is 0 Å². The Hall–Kier alpha value is -8.46. The maximum atomic E-state index is 2.41. The Labute approximate surface area is 422 Å². The lowest BCUT2D eigenvalue weighted by Gasteiger charge is -2.19. The molecular weight excluding hydrogens is 869 g/mol. The molecule has 2 heteroatoms. The third-order valence-corrected chi connectivity index (χ3v) is 15.2. The molecule has 0 unspecified atom stereocenters. The van der Waals surface area contributed by atoms with E-state index in [1.54, 1.807) is 0 Å². The molecule has 11 aromatic carbocycles. The van der Waals surface area contributed by atoms with E-state index in [-0.39, 0.29) is 10.8 Å². The molecule has 72 heavy (non-hydrogen) atoms. The number of nitrogens with zero attached hydrogens (tertiary/aromatic N) is 2. The molecule has 13 aromatic rings. The first-order valence-corrected chi connectivity index (χ1v) is 25.4. The van der Waals surface area contributed by atoms with Crippen molar-refractivity contribution in [3.63, 3.8) is 0 Å². The molecule has 2 nitrogen and oxygen atoms in total. The van der Waals surface area contributed by atoms with Gasteiger partial charge in [-0.3, -0.25) is 0 Å². The van der Waals surface area contributed by atoms with E-state index in [1.807, 2.05) is 0 Å². The van der Waals surface area contributed by atoms with Crippen molar-refractivity contribution in [1.82, 2.24) is 9.13 Å². The highest BCUT2D eigenvalue weighted by atomic mass is 15.0. The van der Waals surface area contributed by atoms with E-state index in [1.165, 1.54) is 132 Å². The van der Waals surface area contributed by atoms with Crippen molar-refractivity contribution in [3.8, 4) is 55.9 Å². The molecule has 0 bridgehead atoms. The van der Waals surface area contributed by atoms with Gasteiger partial charge in [-0.1, -0.05) is 199 Å². The van der Waals surface area contributed by atoms with E-state index < -0.39 is 0 Å². The van der Waals surface area contributed by atoms with Crippen LogP contribution in [0.3, 0.4) is 0 Å². The third kappa shape index (κ3) is 7.16. The topological polar surface area (TPSA) is 9.86 Å². The van der Waals surface area contributed by atoms with E-state index >= 15 is 0 Å². The minimum atomic E-state index is 0.0431. The summed E-state index contributed by atoms with van der Waals surface area (Å²) in [5, 5.41) is 10.1. The van der Waals surface area contributed by atoms with Gasteiger partial charge in [0.25, 0.3) is 0 Å². The first-order valence-electron chi connectivity index (χ1n) is 25.4. The van der Waals surface area contributed by atoms with Crippen molar-refractivity contribution < 1.29 is 0 Å². The molecule has 13 rings (SSSR count). The predicted octanol–water partition coefficient (Wildman–Crippen LogP) is 19.5. The Morgan fingerprint density at radius 2 is 0.514 bits per heavy atom. The minimum absolute atomic E-state index is 0.0431. The smallest absolute Gasteiger partial charge is 0.0541 e. The monoisotopic (exact) mass is 924 g/mol. The van der Waals surface area contributed by atoms with E-state index in [4.69, 9.17) is 0 Å². The van der Waals surface area contributed by atoms with E-state index in [0.29, 0.717) is 0 Å². The maximum Gasteiger partial charge on any atom is 0.0541 e. The van der Waals surface area contributed by atoms with Gasteiger partial charge >= 0.3 is 0 Å². The molecule has 346 valence electrons. The van der Waals surface area contributed by atoms with Crippen molar-refractivity contribution in [2.75, 3.05) is 0 Å². The van der Waals surface area contributed by atoms with Crippen molar-refractivity contribution in [1.29, 1.82) is 0 Å². The normalized spacial score (nSPS) is 12.3. The summed E-state index contributed by atoms with van der Waals surface area (Å²) in [4.78, 5) is 0. The van der Waals surface area contributed by atoms with Gasteiger partial charge in [-0.25, -0.2) is 0 Å². The van der Waals surface area contributed by atoms with Gasteiger partial charge in [0.05, 0.1) is 22.1 Å². The highest BCUT2D eigenvalue weighted by Gasteiger charge is 2.22. The Kier molecular flexibility index (Phi) is 10.0. The van der Waals surface area contributed by atoms with Crippen LogP contribution in [0, 0.1) is 0 Å². The molecule has 2 heterocycles. The fourth-order valence-electron chi connectivity index (χ4n) is 11.5. The van der Waals surface area contributed by atoms with E-state index in [0.717, 1.165) is 0 Å². The molecule has 0 radical (unpaired) electrons. The molecule has 0 atom stereocenters. The second kappa shape index (κ2) is 16.6. The first-order chi connectivity index (χ1) is 35.0. The van der Waals surface area contributed by atoms with Gasteiger partial charge < -0.3 is 9.13 Å². The Morgan fingerprint density at radius 1 is 0.236 bits per heavy atom. The van der Waals surface area contributed by atoms with Crippen LogP contribution in [-0.2, 0) is 10.8 Å². The minimum Gasteiger partial charge on any atom is -0.309 e. The highest BCUT2D eigenvalue weighted by molar-refractivity contribution is 6.21. The zero-order valence-electron chi connectivity index (χ0n) is 41.8. The van der Waals surface area contributed by atoms with Crippen molar-refractivity contribution >= 4 is 65.2 Å². The average molecular weight is 925 g/mol. The maximum absolute atomic E-state index is 2.41. The largest absolute Gasteiger partial charge is 0.309 e. The van der Waals surface area contributed by atoms with Gasteiger partial charge in [0.15, 0.2) is 0 Å². The van der Waals surface area contributed by atoms with Crippen LogP contribution in [0.5, 0.6) is 0 Å². The van der Waals surface area contributed by atoms with Crippen LogP contribution >= 0.6 is 0 Å². The molecule has 0 fully saturated rings. The summed E-state index contributed by atoms with van der Waals surface area (Å²) in [6.45, 7) is 13.8. The van der Waals surface area contributed by atoms with Crippen molar-refractivity contribution in [3.05, 3.63) is 242 Å². The summed E-state index contributed by atoms with van der Waals surface area (Å²) >= 11 is 0.